The van der Waals surface area contributed by atoms with Gasteiger partial charge in [-0.2, -0.15) is 0 Å². The molecule has 2 aromatic rings. The first-order valence-electron chi connectivity index (χ1n) is 11.9. The molecule has 0 heterocycles. The van der Waals surface area contributed by atoms with Crippen LogP contribution in [0.3, 0.4) is 0 Å². The van der Waals surface area contributed by atoms with Crippen molar-refractivity contribution in [2.45, 2.75) is 59.3 Å². The molecule has 0 aliphatic carbocycles. The molecule has 0 fully saturated rings. The maximum Gasteiger partial charge on any atom is 0.330 e. The Hall–Kier alpha value is -2.85. The molecule has 0 bridgehead atoms. The molecule has 0 saturated heterocycles. The number of hydrogen-bond acceptors (Lipinski definition) is 4. The van der Waals surface area contributed by atoms with E-state index in [2.05, 4.69) is 70.3 Å². The van der Waals surface area contributed by atoms with Gasteiger partial charge < -0.3 is 14.6 Å². The van der Waals surface area contributed by atoms with E-state index >= 15 is 0 Å². The number of aliphatic hydroxyl groups excluding tert-OH is 1. The fraction of sp³-hybridized carbons (Fsp3) is 0.414. The van der Waals surface area contributed by atoms with Crippen LogP contribution >= 0.6 is 0 Å². The van der Waals surface area contributed by atoms with E-state index in [4.69, 9.17) is 9.47 Å². The summed E-state index contributed by atoms with van der Waals surface area (Å²) in [6, 6.07) is 12.8. The Morgan fingerprint density at radius 3 is 2.52 bits per heavy atom. The van der Waals surface area contributed by atoms with Crippen molar-refractivity contribution in [1.29, 1.82) is 0 Å². The van der Waals surface area contributed by atoms with E-state index in [0.29, 0.717) is 5.76 Å². The number of carbonyl (C=O) groups is 1. The predicted molar refractivity (Wildman–Crippen MR) is 135 cm³/mol. The molecule has 4 heteroatoms. The van der Waals surface area contributed by atoms with Crippen molar-refractivity contribution in [3.05, 3.63) is 83.4 Å². The lowest BCUT2D eigenvalue weighted by molar-refractivity contribution is -0.139. The summed E-state index contributed by atoms with van der Waals surface area (Å²) in [6.45, 7) is 14.2. The average Bonchev–Trinajstić information content (AvgIpc) is 2.84. The van der Waals surface area contributed by atoms with Gasteiger partial charge in [0.25, 0.3) is 0 Å². The van der Waals surface area contributed by atoms with Crippen LogP contribution in [0.2, 0.25) is 0 Å². The van der Waals surface area contributed by atoms with Gasteiger partial charge in [0.2, 0.25) is 0 Å². The molecule has 1 N–H and O–H groups in total. The SMILES string of the molecule is C=CC(=O)OCC(CO)CCCCc1ccc(C(=C)Oc2cc(CC)ccc2C)c(CC)c1. The van der Waals surface area contributed by atoms with E-state index in [1.807, 2.05) is 0 Å². The number of benzene rings is 2. The Morgan fingerprint density at radius 1 is 1.09 bits per heavy atom. The van der Waals surface area contributed by atoms with Crippen molar-refractivity contribution >= 4 is 11.7 Å². The zero-order valence-electron chi connectivity index (χ0n) is 20.4. The van der Waals surface area contributed by atoms with Crippen LogP contribution in [0.15, 0.2) is 55.6 Å². The summed E-state index contributed by atoms with van der Waals surface area (Å²) >= 11 is 0. The zero-order valence-corrected chi connectivity index (χ0v) is 20.4. The van der Waals surface area contributed by atoms with Gasteiger partial charge in [-0.1, -0.05) is 63.8 Å². The van der Waals surface area contributed by atoms with Crippen molar-refractivity contribution in [1.82, 2.24) is 0 Å². The van der Waals surface area contributed by atoms with Crippen LogP contribution in [0.5, 0.6) is 5.75 Å². The summed E-state index contributed by atoms with van der Waals surface area (Å²) in [5.74, 6) is 1.06. The molecular formula is C29H38O4. The van der Waals surface area contributed by atoms with Crippen molar-refractivity contribution in [2.75, 3.05) is 13.2 Å². The highest BCUT2D eigenvalue weighted by molar-refractivity contribution is 5.81. The van der Waals surface area contributed by atoms with Crippen LogP contribution in [0.1, 0.15) is 60.9 Å². The second kappa shape index (κ2) is 13.6. The molecule has 0 aromatic heterocycles. The standard InChI is InChI=1S/C29H38O4/c1-6-23-14-13-21(4)28(18-23)33-22(5)27-16-15-24(17-26(27)7-2)11-9-10-12-25(19-30)20-32-29(31)8-3/h8,13-18,25,30H,3,5-7,9-12,19-20H2,1-2,4H3. The van der Waals surface area contributed by atoms with E-state index in [1.54, 1.807) is 0 Å². The topological polar surface area (TPSA) is 55.8 Å². The first kappa shape index (κ1) is 26.4. The molecule has 0 saturated carbocycles. The van der Waals surface area contributed by atoms with Crippen LogP contribution in [0.4, 0.5) is 0 Å². The minimum absolute atomic E-state index is 0.0157. The minimum atomic E-state index is -0.445. The third kappa shape index (κ3) is 8.21. The number of unbranched alkanes of at least 4 members (excludes halogenated alkanes) is 1. The van der Waals surface area contributed by atoms with Crippen molar-refractivity contribution in [2.24, 2.45) is 5.92 Å². The zero-order chi connectivity index (χ0) is 24.2. The molecule has 1 unspecified atom stereocenters. The number of aliphatic hydroxyl groups is 1. The largest absolute Gasteiger partial charge is 0.462 e. The van der Waals surface area contributed by atoms with E-state index in [-0.39, 0.29) is 19.1 Å². The number of esters is 1. The van der Waals surface area contributed by atoms with Crippen LogP contribution in [-0.4, -0.2) is 24.3 Å². The Kier molecular flexibility index (Phi) is 10.9. The quantitative estimate of drug-likeness (QED) is 0.161. The van der Waals surface area contributed by atoms with Gasteiger partial charge in [0, 0.05) is 24.2 Å². The summed E-state index contributed by atoms with van der Waals surface area (Å²) in [5, 5.41) is 9.49. The third-order valence-corrected chi connectivity index (χ3v) is 5.96. The first-order chi connectivity index (χ1) is 15.9. The molecule has 4 nitrogen and oxygen atoms in total. The Labute approximate surface area is 198 Å². The maximum atomic E-state index is 11.2. The molecule has 178 valence electrons. The highest BCUT2D eigenvalue weighted by Gasteiger charge is 2.12. The summed E-state index contributed by atoms with van der Waals surface area (Å²) in [6.07, 6.45) is 6.77. The molecule has 0 aliphatic heterocycles. The lowest BCUT2D eigenvalue weighted by Crippen LogP contribution is -2.16. The van der Waals surface area contributed by atoms with Gasteiger partial charge in [-0.3, -0.25) is 0 Å². The van der Waals surface area contributed by atoms with E-state index < -0.39 is 5.97 Å². The van der Waals surface area contributed by atoms with Gasteiger partial charge in [-0.25, -0.2) is 4.79 Å². The Bertz CT molecular complexity index is 945. The van der Waals surface area contributed by atoms with Crippen molar-refractivity contribution < 1.29 is 19.4 Å². The number of carbonyl (C=O) groups excluding carboxylic acids is 1. The maximum absolute atomic E-state index is 11.2. The van der Waals surface area contributed by atoms with E-state index in [0.717, 1.165) is 61.5 Å². The van der Waals surface area contributed by atoms with Gasteiger partial charge in [0.15, 0.2) is 0 Å². The van der Waals surface area contributed by atoms with Gasteiger partial charge in [0.1, 0.15) is 11.5 Å². The molecule has 1 atom stereocenters. The summed E-state index contributed by atoms with van der Waals surface area (Å²) < 4.78 is 11.2. The fourth-order valence-electron chi connectivity index (χ4n) is 3.78. The molecular weight excluding hydrogens is 412 g/mol. The summed E-state index contributed by atoms with van der Waals surface area (Å²) in [7, 11) is 0. The van der Waals surface area contributed by atoms with E-state index in [9.17, 15) is 9.90 Å². The Morgan fingerprint density at radius 2 is 1.85 bits per heavy atom. The monoisotopic (exact) mass is 450 g/mol. The molecule has 0 spiro atoms. The second-order valence-electron chi connectivity index (χ2n) is 8.45. The van der Waals surface area contributed by atoms with Gasteiger partial charge in [-0.05, 0) is 67.3 Å². The number of hydrogen-bond donors (Lipinski definition) is 1. The summed E-state index contributed by atoms with van der Waals surface area (Å²) in [5.41, 5.74) is 5.91. The molecule has 0 aliphatic rings. The average molecular weight is 451 g/mol. The van der Waals surface area contributed by atoms with Crippen LogP contribution < -0.4 is 4.74 Å². The number of rotatable bonds is 14. The van der Waals surface area contributed by atoms with Crippen LogP contribution in [0.25, 0.3) is 5.76 Å². The Balaban J connectivity index is 1.94. The second-order valence-corrected chi connectivity index (χ2v) is 8.45. The third-order valence-electron chi connectivity index (χ3n) is 5.96. The lowest BCUT2D eigenvalue weighted by Gasteiger charge is -2.16. The van der Waals surface area contributed by atoms with Gasteiger partial charge in [-0.15, -0.1) is 0 Å². The first-order valence-corrected chi connectivity index (χ1v) is 11.9. The molecule has 33 heavy (non-hydrogen) atoms. The summed E-state index contributed by atoms with van der Waals surface area (Å²) in [4.78, 5) is 11.2. The van der Waals surface area contributed by atoms with Gasteiger partial charge in [0.05, 0.1) is 6.61 Å². The molecule has 0 radical (unpaired) electrons. The van der Waals surface area contributed by atoms with Crippen LogP contribution in [-0.2, 0) is 28.8 Å². The number of ether oxygens (including phenoxy) is 2. The van der Waals surface area contributed by atoms with Crippen molar-refractivity contribution in [3.8, 4) is 5.75 Å². The molecule has 2 aromatic carbocycles. The molecule has 2 rings (SSSR count). The van der Waals surface area contributed by atoms with Crippen LogP contribution in [0, 0.1) is 12.8 Å². The predicted octanol–water partition coefficient (Wildman–Crippen LogP) is 6.22. The number of aryl methyl sites for hydroxylation is 4. The smallest absolute Gasteiger partial charge is 0.330 e. The van der Waals surface area contributed by atoms with Crippen molar-refractivity contribution in [3.63, 3.8) is 0 Å². The van der Waals surface area contributed by atoms with Gasteiger partial charge >= 0.3 is 5.97 Å². The normalized spacial score (nSPS) is 11.6. The lowest BCUT2D eigenvalue weighted by atomic mass is 9.96. The fourth-order valence-corrected chi connectivity index (χ4v) is 3.78. The highest BCUT2D eigenvalue weighted by Crippen LogP contribution is 2.28. The highest BCUT2D eigenvalue weighted by atomic mass is 16.5. The molecule has 0 amide bonds. The minimum Gasteiger partial charge on any atom is -0.462 e. The van der Waals surface area contributed by atoms with E-state index in [1.165, 1.54) is 16.7 Å².